The van der Waals surface area contributed by atoms with Crippen molar-refractivity contribution in [2.24, 2.45) is 11.8 Å². The summed E-state index contributed by atoms with van der Waals surface area (Å²) in [6.07, 6.45) is 16.5. The highest BCUT2D eigenvalue weighted by Crippen LogP contribution is 2.65. The number of amides is 1. The van der Waals surface area contributed by atoms with Crippen LogP contribution in [0.4, 0.5) is 0 Å². The first-order valence-electron chi connectivity index (χ1n) is 19.2. The highest BCUT2D eigenvalue weighted by molar-refractivity contribution is 5.77. The third kappa shape index (κ3) is 7.29. The largest absolute Gasteiger partial charge is 0.508 e. The lowest BCUT2D eigenvalue weighted by Gasteiger charge is -2.60. The number of nitrogens with zero attached hydrogens (tertiary/aromatic N) is 2. The van der Waals surface area contributed by atoms with Gasteiger partial charge in [-0.25, -0.2) is 0 Å². The van der Waals surface area contributed by atoms with Crippen molar-refractivity contribution in [3.8, 4) is 17.2 Å². The van der Waals surface area contributed by atoms with E-state index in [1.165, 1.54) is 57.4 Å². The number of phenols is 1. The third-order valence-corrected chi connectivity index (χ3v) is 11.8. The number of aryl methyl sites for hydroxylation is 1. The van der Waals surface area contributed by atoms with Gasteiger partial charge in [-0.05, 0) is 68.9 Å². The summed E-state index contributed by atoms with van der Waals surface area (Å²) >= 11 is 0. The molecular formula is C42H58N2O5. The minimum absolute atomic E-state index is 0.0701. The molecule has 2 heterocycles. The van der Waals surface area contributed by atoms with Gasteiger partial charge < -0.3 is 19.5 Å². The maximum Gasteiger partial charge on any atom is 0.308 e. The zero-order chi connectivity index (χ0) is 34.5. The second kappa shape index (κ2) is 15.7. The van der Waals surface area contributed by atoms with E-state index < -0.39 is 5.97 Å². The summed E-state index contributed by atoms with van der Waals surface area (Å²) in [5.74, 6) is 1.54. The number of rotatable bonds is 17. The summed E-state index contributed by atoms with van der Waals surface area (Å²) in [5, 5.41) is 11.3. The van der Waals surface area contributed by atoms with Gasteiger partial charge >= 0.3 is 5.97 Å². The molecule has 266 valence electrons. The molecule has 4 aliphatic rings. The molecule has 1 spiro atoms. The monoisotopic (exact) mass is 670 g/mol. The Morgan fingerprint density at radius 3 is 2.49 bits per heavy atom. The SMILES string of the molecule is C=CCN1CC[C@]23c4c5c(O)cc(OC(C)=O)c4O[C@H]2[C@@H](N(CC(C)C)C(=O)CCCCCCCCCCc2ccccc2)CC[C@H]3[C@H]1C5. The Morgan fingerprint density at radius 2 is 1.80 bits per heavy atom. The molecule has 2 bridgehead atoms. The quantitative estimate of drug-likeness (QED) is 0.0792. The van der Waals surface area contributed by atoms with E-state index >= 15 is 0 Å². The molecule has 7 nitrogen and oxygen atoms in total. The van der Waals surface area contributed by atoms with E-state index in [1.54, 1.807) is 6.07 Å². The van der Waals surface area contributed by atoms with Crippen molar-refractivity contribution >= 4 is 11.9 Å². The molecule has 2 aliphatic heterocycles. The van der Waals surface area contributed by atoms with E-state index in [0.29, 0.717) is 36.3 Å². The lowest BCUT2D eigenvalue weighted by molar-refractivity contribution is -0.143. The molecule has 1 N–H and O–H groups in total. The van der Waals surface area contributed by atoms with Gasteiger partial charge in [0.05, 0.1) is 6.04 Å². The van der Waals surface area contributed by atoms with Crippen LogP contribution < -0.4 is 9.47 Å². The summed E-state index contributed by atoms with van der Waals surface area (Å²) in [7, 11) is 0. The number of hydrogen-bond acceptors (Lipinski definition) is 6. The predicted molar refractivity (Wildman–Crippen MR) is 194 cm³/mol. The minimum Gasteiger partial charge on any atom is -0.508 e. The van der Waals surface area contributed by atoms with Crippen LogP contribution in [-0.2, 0) is 27.8 Å². The Labute approximate surface area is 294 Å². The normalized spacial score (nSPS) is 25.1. The number of aromatic hydroxyl groups is 1. The number of phenolic OH excluding ortho intramolecular Hbond substituents is 1. The zero-order valence-corrected chi connectivity index (χ0v) is 30.1. The number of hydrogen-bond donors (Lipinski definition) is 1. The summed E-state index contributed by atoms with van der Waals surface area (Å²) < 4.78 is 12.7. The smallest absolute Gasteiger partial charge is 0.308 e. The number of likely N-dealkylation sites (tertiary alicyclic amines) is 1. The molecule has 2 aromatic rings. The molecule has 0 unspecified atom stereocenters. The van der Waals surface area contributed by atoms with E-state index in [4.69, 9.17) is 9.47 Å². The van der Waals surface area contributed by atoms with E-state index in [-0.39, 0.29) is 35.3 Å². The van der Waals surface area contributed by atoms with Gasteiger partial charge in [0.1, 0.15) is 11.9 Å². The van der Waals surface area contributed by atoms with Crippen molar-refractivity contribution in [1.29, 1.82) is 0 Å². The van der Waals surface area contributed by atoms with Crippen molar-refractivity contribution < 1.29 is 24.2 Å². The predicted octanol–water partition coefficient (Wildman–Crippen LogP) is 8.15. The Hall–Kier alpha value is -3.32. The van der Waals surface area contributed by atoms with E-state index in [1.807, 2.05) is 6.08 Å². The lowest BCUT2D eigenvalue weighted by Crippen LogP contribution is -2.69. The number of carbonyl (C=O) groups excluding carboxylic acids is 2. The zero-order valence-electron chi connectivity index (χ0n) is 30.1. The fraction of sp³-hybridized carbons (Fsp3) is 0.619. The van der Waals surface area contributed by atoms with Crippen LogP contribution in [0.15, 0.2) is 49.1 Å². The third-order valence-electron chi connectivity index (χ3n) is 11.8. The lowest BCUT2D eigenvalue weighted by atomic mass is 9.50. The van der Waals surface area contributed by atoms with Crippen molar-refractivity contribution in [1.82, 2.24) is 9.80 Å². The second-order valence-electron chi connectivity index (χ2n) is 15.6. The Balaban J connectivity index is 1.12. The maximum absolute atomic E-state index is 14.1. The van der Waals surface area contributed by atoms with Gasteiger partial charge in [0.2, 0.25) is 5.91 Å². The fourth-order valence-corrected chi connectivity index (χ4v) is 9.86. The van der Waals surface area contributed by atoms with E-state index in [9.17, 15) is 14.7 Å². The molecule has 6 rings (SSSR count). The molecule has 2 aliphatic carbocycles. The van der Waals surface area contributed by atoms with Gasteiger partial charge in [-0.2, -0.15) is 0 Å². The van der Waals surface area contributed by atoms with Crippen LogP contribution in [0.1, 0.15) is 115 Å². The molecule has 2 fully saturated rings. The number of benzene rings is 2. The van der Waals surface area contributed by atoms with Crippen LogP contribution in [-0.4, -0.2) is 64.6 Å². The van der Waals surface area contributed by atoms with E-state index in [2.05, 4.69) is 60.6 Å². The average Bonchev–Trinajstić information content (AvgIpc) is 3.42. The average molecular weight is 671 g/mol. The van der Waals surface area contributed by atoms with Crippen LogP contribution in [0.5, 0.6) is 17.2 Å². The minimum atomic E-state index is -0.436. The number of piperidine rings is 1. The molecule has 1 saturated carbocycles. The Kier molecular flexibility index (Phi) is 11.4. The molecule has 5 atom stereocenters. The maximum atomic E-state index is 14.1. The van der Waals surface area contributed by atoms with Crippen LogP contribution in [0.3, 0.4) is 0 Å². The first-order valence-corrected chi connectivity index (χ1v) is 19.2. The van der Waals surface area contributed by atoms with Crippen LogP contribution in [0.2, 0.25) is 0 Å². The Morgan fingerprint density at radius 1 is 1.08 bits per heavy atom. The number of ether oxygens (including phenoxy) is 2. The first kappa shape index (κ1) is 35.5. The van der Waals surface area contributed by atoms with Crippen molar-refractivity contribution in [2.45, 2.75) is 134 Å². The molecule has 2 aromatic carbocycles. The standard InChI is InChI=1S/C42H58N2O5/c1-5-24-43-25-23-42-33-21-22-34(41(42)49-40-37(48-30(4)45)27-36(46)32(39(40)42)26-35(33)43)44(28-29(2)3)38(47)20-16-11-9-7-6-8-10-13-17-31-18-14-12-15-19-31/h5,12,14-15,18-19,27,29,33-35,41,46H,1,6-11,13,16-17,20-26,28H2,2-4H3/t33-,34-,35+,41-,42-/m0/s1. The van der Waals surface area contributed by atoms with Crippen LogP contribution in [0, 0.1) is 11.8 Å². The topological polar surface area (TPSA) is 79.3 Å². The molecular weight excluding hydrogens is 612 g/mol. The second-order valence-corrected chi connectivity index (χ2v) is 15.6. The molecule has 1 saturated heterocycles. The van der Waals surface area contributed by atoms with Crippen LogP contribution >= 0.6 is 0 Å². The molecule has 0 radical (unpaired) electrons. The first-order chi connectivity index (χ1) is 23.7. The van der Waals surface area contributed by atoms with Gasteiger partial charge in [-0.15, -0.1) is 6.58 Å². The summed E-state index contributed by atoms with van der Waals surface area (Å²) in [4.78, 5) is 31.0. The molecule has 0 aromatic heterocycles. The highest BCUT2D eigenvalue weighted by atomic mass is 16.6. The van der Waals surface area contributed by atoms with Gasteiger partial charge in [0.15, 0.2) is 11.5 Å². The fourth-order valence-electron chi connectivity index (χ4n) is 9.86. The van der Waals surface area contributed by atoms with E-state index in [0.717, 1.165) is 62.7 Å². The number of esters is 1. The van der Waals surface area contributed by atoms with Gasteiger partial charge in [-0.1, -0.05) is 88.8 Å². The van der Waals surface area contributed by atoms with Gasteiger partial charge in [0, 0.05) is 55.1 Å². The van der Waals surface area contributed by atoms with Crippen molar-refractivity contribution in [2.75, 3.05) is 19.6 Å². The number of carbonyl (C=O) groups is 2. The number of unbranched alkanes of at least 4 members (excludes halogenated alkanes) is 7. The van der Waals surface area contributed by atoms with Crippen LogP contribution in [0.25, 0.3) is 0 Å². The summed E-state index contributed by atoms with van der Waals surface area (Å²) in [6.45, 7) is 12.2. The van der Waals surface area contributed by atoms with Gasteiger partial charge in [-0.3, -0.25) is 14.5 Å². The van der Waals surface area contributed by atoms with Gasteiger partial charge in [0.25, 0.3) is 0 Å². The molecule has 7 heteroatoms. The van der Waals surface area contributed by atoms with Crippen molar-refractivity contribution in [3.05, 3.63) is 65.7 Å². The summed E-state index contributed by atoms with van der Waals surface area (Å²) in [5.41, 5.74) is 3.05. The summed E-state index contributed by atoms with van der Waals surface area (Å²) in [6, 6.07) is 12.5. The molecule has 1 amide bonds. The Bertz CT molecular complexity index is 1470. The van der Waals surface area contributed by atoms with Crippen molar-refractivity contribution in [3.63, 3.8) is 0 Å². The molecule has 49 heavy (non-hydrogen) atoms. The highest BCUT2D eigenvalue weighted by Gasteiger charge is 2.67.